The van der Waals surface area contributed by atoms with Crippen LogP contribution in [-0.2, 0) is 0 Å². The van der Waals surface area contributed by atoms with Gasteiger partial charge in [0.15, 0.2) is 0 Å². The van der Waals surface area contributed by atoms with Crippen molar-refractivity contribution >= 4 is 28.7 Å². The van der Waals surface area contributed by atoms with Crippen molar-refractivity contribution in [1.82, 2.24) is 21.6 Å². The van der Waals surface area contributed by atoms with Crippen LogP contribution in [0.4, 0.5) is 11.4 Å². The molecular weight excluding hydrogens is 254 g/mol. The molecule has 0 aromatic heterocycles. The van der Waals surface area contributed by atoms with E-state index in [2.05, 4.69) is 21.8 Å². The van der Waals surface area contributed by atoms with Crippen LogP contribution in [0.5, 0.6) is 0 Å². The Hall–Kier alpha value is -2.12. The number of hydrogen-bond donors (Lipinski definition) is 5. The van der Waals surface area contributed by atoms with E-state index in [1.807, 2.05) is 24.3 Å². The molecule has 1 aromatic carbocycles. The Balaban J connectivity index is 2.06. The number of nitrogens with one attached hydrogen (secondary N) is 4. The molecule has 0 atom stereocenters. The first kappa shape index (κ1) is 12.3. The average Bonchev–Trinajstić information content (AvgIpc) is 2.82. The Labute approximate surface area is 109 Å². The first-order valence-corrected chi connectivity index (χ1v) is 5.42. The van der Waals surface area contributed by atoms with E-state index in [1.54, 1.807) is 11.2 Å². The molecule has 1 saturated heterocycles. The van der Waals surface area contributed by atoms with Crippen molar-refractivity contribution in [3.05, 3.63) is 24.3 Å². The molecule has 1 aliphatic heterocycles. The largest absolute Gasteiger partial charge is 0.365 e. The molecule has 9 heteroatoms. The number of anilines is 2. The highest BCUT2D eigenvalue weighted by molar-refractivity contribution is 7.80. The highest BCUT2D eigenvalue weighted by Crippen LogP contribution is 2.18. The van der Waals surface area contributed by atoms with E-state index in [0.29, 0.717) is 10.2 Å². The van der Waals surface area contributed by atoms with Crippen LogP contribution in [0.1, 0.15) is 0 Å². The van der Waals surface area contributed by atoms with Gasteiger partial charge in [-0.2, -0.15) is 15.9 Å². The van der Waals surface area contributed by atoms with Crippen molar-refractivity contribution in [2.75, 3.05) is 17.0 Å². The van der Waals surface area contributed by atoms with Crippen LogP contribution in [0.15, 0.2) is 24.3 Å². The predicted octanol–water partition coefficient (Wildman–Crippen LogP) is -0.153. The monoisotopic (exact) mass is 265 g/mol. The molecule has 1 aliphatic rings. The summed E-state index contributed by atoms with van der Waals surface area (Å²) in [5, 5.41) is 22.9. The maximum absolute atomic E-state index is 8.99. The quantitative estimate of drug-likeness (QED) is 0.167. The molecule has 1 aromatic rings. The molecule has 8 nitrogen and oxygen atoms in total. The number of benzene rings is 1. The Morgan fingerprint density at radius 3 is 3.06 bits per heavy atom. The minimum Gasteiger partial charge on any atom is -0.365 e. The van der Waals surface area contributed by atoms with Crippen molar-refractivity contribution in [2.24, 2.45) is 0 Å². The molecule has 0 saturated carbocycles. The fourth-order valence-corrected chi connectivity index (χ4v) is 1.58. The molecule has 0 unspecified atom stereocenters. The van der Waals surface area contributed by atoms with E-state index < -0.39 is 0 Å². The minimum absolute atomic E-state index is 0.00826. The lowest BCUT2D eigenvalue weighted by atomic mass is 10.3. The molecule has 94 valence electrons. The Bertz CT molecular complexity index is 488. The fourth-order valence-electron chi connectivity index (χ4n) is 1.38. The summed E-state index contributed by atoms with van der Waals surface area (Å²) in [4.78, 5) is 0. The van der Waals surface area contributed by atoms with Gasteiger partial charge in [0.25, 0.3) is 0 Å². The molecule has 0 radical (unpaired) electrons. The lowest BCUT2D eigenvalue weighted by molar-refractivity contribution is -0.0232. The van der Waals surface area contributed by atoms with Gasteiger partial charge in [0.1, 0.15) is 6.67 Å². The summed E-state index contributed by atoms with van der Waals surface area (Å²) >= 11 is 5.07. The van der Waals surface area contributed by atoms with E-state index in [9.17, 15) is 0 Å². The predicted molar refractivity (Wildman–Crippen MR) is 68.7 cm³/mol. The lowest BCUT2D eigenvalue weighted by Gasteiger charge is -2.16. The summed E-state index contributed by atoms with van der Waals surface area (Å²) in [5.41, 5.74) is 9.78. The molecule has 18 heavy (non-hydrogen) atoms. The molecule has 0 bridgehead atoms. The first-order chi connectivity index (χ1) is 8.70. The molecular formula is C9H11N7OS. The average molecular weight is 265 g/mol. The second-order valence-electron chi connectivity index (χ2n) is 3.39. The highest BCUT2D eigenvalue weighted by atomic mass is 32.1. The number of thiocarbonyl (C=S) groups is 1. The summed E-state index contributed by atoms with van der Waals surface area (Å²) < 4.78 is 0. The van der Waals surface area contributed by atoms with E-state index in [1.165, 1.54) is 0 Å². The van der Waals surface area contributed by atoms with Gasteiger partial charge in [-0.25, -0.2) is 5.01 Å². The third-order valence-electron chi connectivity index (χ3n) is 2.19. The standard InChI is InChI=1S/C9H11N7OS/c10-5-15(17)6-11-7-2-1-3-8(4-7)16-9(18)12-13-14-16/h1-4,11,13-14,17H,6H2,(H,12,18). The van der Waals surface area contributed by atoms with Crippen molar-refractivity contribution < 1.29 is 5.21 Å². The van der Waals surface area contributed by atoms with Crippen LogP contribution in [0.2, 0.25) is 0 Å². The van der Waals surface area contributed by atoms with Gasteiger partial charge in [-0.1, -0.05) is 6.07 Å². The van der Waals surface area contributed by atoms with Crippen molar-refractivity contribution in [3.63, 3.8) is 0 Å². The smallest absolute Gasteiger partial charge is 0.207 e. The highest BCUT2D eigenvalue weighted by Gasteiger charge is 2.17. The zero-order chi connectivity index (χ0) is 13.0. The van der Waals surface area contributed by atoms with Crippen LogP contribution < -0.4 is 26.8 Å². The number of hydroxylamine groups is 2. The van der Waals surface area contributed by atoms with Crippen molar-refractivity contribution in [3.8, 4) is 6.19 Å². The molecule has 1 fully saturated rings. The van der Waals surface area contributed by atoms with Gasteiger partial charge in [-0.3, -0.25) is 10.6 Å². The van der Waals surface area contributed by atoms with Gasteiger partial charge in [0, 0.05) is 5.69 Å². The SMILES string of the molecule is N#CN(O)CNc1cccc(N2NNNC2=S)c1. The second-order valence-corrected chi connectivity index (χ2v) is 3.77. The van der Waals surface area contributed by atoms with E-state index >= 15 is 0 Å². The van der Waals surface area contributed by atoms with Gasteiger partial charge < -0.3 is 5.32 Å². The third kappa shape index (κ3) is 2.76. The number of hydrazine groups is 3. The molecule has 0 amide bonds. The Kier molecular flexibility index (Phi) is 3.75. The summed E-state index contributed by atoms with van der Waals surface area (Å²) in [6.07, 6.45) is 1.57. The lowest BCUT2D eigenvalue weighted by Crippen LogP contribution is -2.37. The summed E-state index contributed by atoms with van der Waals surface area (Å²) in [6.45, 7) is 0.00826. The first-order valence-electron chi connectivity index (χ1n) is 5.01. The normalized spacial score (nSPS) is 14.0. The minimum atomic E-state index is 0.00826. The van der Waals surface area contributed by atoms with Crippen molar-refractivity contribution in [2.45, 2.75) is 0 Å². The maximum atomic E-state index is 8.99. The third-order valence-corrected chi connectivity index (χ3v) is 2.48. The Morgan fingerprint density at radius 1 is 1.56 bits per heavy atom. The van der Waals surface area contributed by atoms with Gasteiger partial charge in [0.2, 0.25) is 11.3 Å². The number of hydrogen-bond acceptors (Lipinski definition) is 7. The van der Waals surface area contributed by atoms with Crippen LogP contribution in [-0.4, -0.2) is 22.1 Å². The molecule has 2 rings (SSSR count). The van der Waals surface area contributed by atoms with Gasteiger partial charge >= 0.3 is 0 Å². The maximum Gasteiger partial charge on any atom is 0.207 e. The van der Waals surface area contributed by atoms with Gasteiger partial charge in [0.05, 0.1) is 5.69 Å². The number of nitrogens with zero attached hydrogens (tertiary/aromatic N) is 3. The van der Waals surface area contributed by atoms with Crippen LogP contribution in [0, 0.1) is 11.5 Å². The summed E-state index contributed by atoms with van der Waals surface area (Å²) in [6, 6.07) is 7.32. The fraction of sp³-hybridized carbons (Fsp3) is 0.111. The molecule has 1 heterocycles. The van der Waals surface area contributed by atoms with E-state index in [-0.39, 0.29) is 6.67 Å². The number of nitriles is 1. The second kappa shape index (κ2) is 5.48. The van der Waals surface area contributed by atoms with Crippen molar-refractivity contribution in [1.29, 1.82) is 5.26 Å². The summed E-state index contributed by atoms with van der Waals surface area (Å²) in [7, 11) is 0. The van der Waals surface area contributed by atoms with Gasteiger partial charge in [-0.15, -0.1) is 5.53 Å². The zero-order valence-corrected chi connectivity index (χ0v) is 10.0. The summed E-state index contributed by atoms with van der Waals surface area (Å²) in [5.74, 6) is 0. The van der Waals surface area contributed by atoms with Gasteiger partial charge in [-0.05, 0) is 30.4 Å². The van der Waals surface area contributed by atoms with Crippen LogP contribution in [0.25, 0.3) is 0 Å². The molecule has 5 N–H and O–H groups in total. The number of rotatable bonds is 4. The Morgan fingerprint density at radius 2 is 2.39 bits per heavy atom. The van der Waals surface area contributed by atoms with Crippen LogP contribution in [0.3, 0.4) is 0 Å². The zero-order valence-electron chi connectivity index (χ0n) is 9.21. The molecule has 0 spiro atoms. The van der Waals surface area contributed by atoms with Crippen LogP contribution >= 0.6 is 12.2 Å². The van der Waals surface area contributed by atoms with E-state index in [4.69, 9.17) is 22.7 Å². The van der Waals surface area contributed by atoms with E-state index in [0.717, 1.165) is 11.4 Å². The molecule has 0 aliphatic carbocycles. The topological polar surface area (TPSA) is 98.6 Å².